The molecule has 1 aliphatic rings. The highest BCUT2D eigenvalue weighted by Crippen LogP contribution is 2.17. The lowest BCUT2D eigenvalue weighted by atomic mass is 9.97. The molecule has 1 N–H and O–H groups in total. The van der Waals surface area contributed by atoms with Crippen LogP contribution in [0, 0.1) is 5.92 Å². The average Bonchev–Trinajstić information content (AvgIpc) is 2.58. The standard InChI is InChI=1S/C18H26N2O3.ClH/c1-3-19-12-15-7-9-20(10-8-15)18(22)13-23-17-6-4-5-16(11-17)14(2)21;/h4-6,11,15,19H,3,7-10,12-13H2,1-2H3;1H. The molecule has 6 heteroatoms. The number of halogens is 1. The summed E-state index contributed by atoms with van der Waals surface area (Å²) < 4.78 is 5.55. The van der Waals surface area contributed by atoms with E-state index in [0.29, 0.717) is 17.2 Å². The van der Waals surface area contributed by atoms with Gasteiger partial charge in [0.25, 0.3) is 5.91 Å². The molecule has 0 aromatic heterocycles. The number of hydrogen-bond acceptors (Lipinski definition) is 4. The number of nitrogens with one attached hydrogen (secondary N) is 1. The minimum absolute atomic E-state index is 0. The molecular weight excluding hydrogens is 328 g/mol. The van der Waals surface area contributed by atoms with Gasteiger partial charge in [-0.05, 0) is 50.9 Å². The number of rotatable bonds is 7. The quantitative estimate of drug-likeness (QED) is 0.764. The lowest BCUT2D eigenvalue weighted by Crippen LogP contribution is -2.42. The number of Topliss-reactive ketones (excluding diaryl/α,β-unsaturated/α-hetero) is 1. The maximum Gasteiger partial charge on any atom is 0.260 e. The highest BCUT2D eigenvalue weighted by Gasteiger charge is 2.22. The van der Waals surface area contributed by atoms with Gasteiger partial charge in [0.2, 0.25) is 0 Å². The zero-order chi connectivity index (χ0) is 16.7. The normalized spacial score (nSPS) is 14.8. The van der Waals surface area contributed by atoms with E-state index in [1.54, 1.807) is 24.3 Å². The highest BCUT2D eigenvalue weighted by atomic mass is 35.5. The minimum Gasteiger partial charge on any atom is -0.484 e. The molecule has 0 aliphatic carbocycles. The zero-order valence-electron chi connectivity index (χ0n) is 14.4. The number of likely N-dealkylation sites (tertiary alicyclic amines) is 1. The predicted octanol–water partition coefficient (Wildman–Crippen LogP) is 2.54. The molecule has 134 valence electrons. The second kappa shape index (κ2) is 10.3. The van der Waals surface area contributed by atoms with Gasteiger partial charge in [-0.15, -0.1) is 12.4 Å². The van der Waals surface area contributed by atoms with Gasteiger partial charge in [0, 0.05) is 18.7 Å². The van der Waals surface area contributed by atoms with Crippen molar-refractivity contribution in [2.24, 2.45) is 5.92 Å². The van der Waals surface area contributed by atoms with Gasteiger partial charge in [0.1, 0.15) is 5.75 Å². The van der Waals surface area contributed by atoms with Gasteiger partial charge in [-0.1, -0.05) is 19.1 Å². The third-order valence-electron chi connectivity index (χ3n) is 4.25. The number of carbonyl (C=O) groups excluding carboxylic acids is 2. The van der Waals surface area contributed by atoms with Crippen LogP contribution in [0.1, 0.15) is 37.0 Å². The fraction of sp³-hybridized carbons (Fsp3) is 0.556. The summed E-state index contributed by atoms with van der Waals surface area (Å²) in [6.45, 7) is 7.27. The number of nitrogens with zero attached hydrogens (tertiary/aromatic N) is 1. The Hall–Kier alpha value is -1.59. The van der Waals surface area contributed by atoms with Crippen molar-refractivity contribution in [2.45, 2.75) is 26.7 Å². The molecule has 0 unspecified atom stereocenters. The predicted molar refractivity (Wildman–Crippen MR) is 97.0 cm³/mol. The molecule has 5 nitrogen and oxygen atoms in total. The van der Waals surface area contributed by atoms with Crippen LogP contribution in [0.3, 0.4) is 0 Å². The smallest absolute Gasteiger partial charge is 0.260 e. The Kier molecular flexibility index (Phi) is 8.79. The van der Waals surface area contributed by atoms with E-state index in [1.807, 2.05) is 4.90 Å². The van der Waals surface area contributed by atoms with E-state index in [0.717, 1.165) is 39.0 Å². The average molecular weight is 355 g/mol. The summed E-state index contributed by atoms with van der Waals surface area (Å²) in [6.07, 6.45) is 2.08. The minimum atomic E-state index is -0.00969. The van der Waals surface area contributed by atoms with E-state index in [9.17, 15) is 9.59 Å². The van der Waals surface area contributed by atoms with Gasteiger partial charge in [-0.3, -0.25) is 9.59 Å². The van der Waals surface area contributed by atoms with Crippen LogP contribution in [0.2, 0.25) is 0 Å². The number of ether oxygens (including phenoxy) is 1. The van der Waals surface area contributed by atoms with Gasteiger partial charge in [0.15, 0.2) is 12.4 Å². The number of benzene rings is 1. The molecule has 1 aliphatic heterocycles. The number of hydrogen-bond donors (Lipinski definition) is 1. The molecular formula is C18H27ClN2O3. The van der Waals surface area contributed by atoms with Crippen LogP contribution >= 0.6 is 12.4 Å². The summed E-state index contributed by atoms with van der Waals surface area (Å²) >= 11 is 0. The molecule has 24 heavy (non-hydrogen) atoms. The monoisotopic (exact) mass is 354 g/mol. The fourth-order valence-electron chi connectivity index (χ4n) is 2.78. The van der Waals surface area contributed by atoms with Crippen LogP contribution in [-0.2, 0) is 4.79 Å². The van der Waals surface area contributed by atoms with Crippen molar-refractivity contribution < 1.29 is 14.3 Å². The van der Waals surface area contributed by atoms with Crippen molar-refractivity contribution >= 4 is 24.1 Å². The van der Waals surface area contributed by atoms with Crippen molar-refractivity contribution in [3.63, 3.8) is 0 Å². The fourth-order valence-corrected chi connectivity index (χ4v) is 2.78. The summed E-state index contributed by atoms with van der Waals surface area (Å²) in [5, 5.41) is 3.37. The van der Waals surface area contributed by atoms with E-state index >= 15 is 0 Å². The summed E-state index contributed by atoms with van der Waals surface area (Å²) in [7, 11) is 0. The summed E-state index contributed by atoms with van der Waals surface area (Å²) in [6, 6.07) is 6.95. The van der Waals surface area contributed by atoms with E-state index in [1.165, 1.54) is 6.92 Å². The van der Waals surface area contributed by atoms with Crippen LogP contribution in [0.15, 0.2) is 24.3 Å². The third-order valence-corrected chi connectivity index (χ3v) is 4.25. The molecule has 1 amide bonds. The Morgan fingerprint density at radius 3 is 2.62 bits per heavy atom. The van der Waals surface area contributed by atoms with E-state index < -0.39 is 0 Å². The molecule has 0 bridgehead atoms. The largest absolute Gasteiger partial charge is 0.484 e. The van der Waals surface area contributed by atoms with Gasteiger partial charge in [-0.25, -0.2) is 0 Å². The van der Waals surface area contributed by atoms with Crippen molar-refractivity contribution in [3.8, 4) is 5.75 Å². The number of amides is 1. The number of piperidine rings is 1. The summed E-state index contributed by atoms with van der Waals surface area (Å²) in [5.74, 6) is 1.23. The number of carbonyl (C=O) groups is 2. The van der Waals surface area contributed by atoms with Crippen LogP contribution in [0.25, 0.3) is 0 Å². The Balaban J connectivity index is 0.00000288. The lowest BCUT2D eigenvalue weighted by Gasteiger charge is -2.32. The first-order valence-electron chi connectivity index (χ1n) is 8.32. The Labute approximate surface area is 150 Å². The topological polar surface area (TPSA) is 58.6 Å². The molecule has 0 spiro atoms. The molecule has 0 saturated carbocycles. The molecule has 0 atom stereocenters. The number of ketones is 1. The van der Waals surface area contributed by atoms with Crippen LogP contribution in [0.5, 0.6) is 5.75 Å². The van der Waals surface area contributed by atoms with Crippen molar-refractivity contribution in [2.75, 3.05) is 32.8 Å². The molecule has 2 rings (SSSR count). The maximum atomic E-state index is 12.2. The van der Waals surface area contributed by atoms with Crippen molar-refractivity contribution in [1.82, 2.24) is 10.2 Å². The van der Waals surface area contributed by atoms with Crippen LogP contribution in [-0.4, -0.2) is 49.4 Å². The second-order valence-electron chi connectivity index (χ2n) is 6.00. The van der Waals surface area contributed by atoms with Crippen LogP contribution < -0.4 is 10.1 Å². The molecule has 1 saturated heterocycles. The van der Waals surface area contributed by atoms with Crippen molar-refractivity contribution in [1.29, 1.82) is 0 Å². The molecule has 1 aromatic carbocycles. The Bertz CT molecular complexity index is 543. The molecule has 1 aromatic rings. The maximum absolute atomic E-state index is 12.2. The molecule has 0 radical (unpaired) electrons. The lowest BCUT2D eigenvalue weighted by molar-refractivity contribution is -0.134. The van der Waals surface area contributed by atoms with E-state index in [-0.39, 0.29) is 30.7 Å². The zero-order valence-corrected chi connectivity index (χ0v) is 15.2. The Morgan fingerprint density at radius 1 is 1.29 bits per heavy atom. The van der Waals surface area contributed by atoms with Gasteiger partial charge >= 0.3 is 0 Å². The summed E-state index contributed by atoms with van der Waals surface area (Å²) in [5.41, 5.74) is 0.596. The third kappa shape index (κ3) is 6.13. The van der Waals surface area contributed by atoms with E-state index in [4.69, 9.17) is 4.74 Å². The Morgan fingerprint density at radius 2 is 2.00 bits per heavy atom. The second-order valence-corrected chi connectivity index (χ2v) is 6.00. The first-order chi connectivity index (χ1) is 11.1. The van der Waals surface area contributed by atoms with Gasteiger partial charge in [-0.2, -0.15) is 0 Å². The highest BCUT2D eigenvalue weighted by molar-refractivity contribution is 5.94. The van der Waals surface area contributed by atoms with Crippen LogP contribution in [0.4, 0.5) is 0 Å². The van der Waals surface area contributed by atoms with Gasteiger partial charge in [0.05, 0.1) is 0 Å². The summed E-state index contributed by atoms with van der Waals surface area (Å²) in [4.78, 5) is 25.5. The van der Waals surface area contributed by atoms with Gasteiger partial charge < -0.3 is 15.0 Å². The van der Waals surface area contributed by atoms with E-state index in [2.05, 4.69) is 12.2 Å². The molecule has 1 heterocycles. The van der Waals surface area contributed by atoms with Crippen molar-refractivity contribution in [3.05, 3.63) is 29.8 Å². The molecule has 1 fully saturated rings. The first-order valence-corrected chi connectivity index (χ1v) is 8.32. The SMILES string of the molecule is CCNCC1CCN(C(=O)COc2cccc(C(C)=O)c2)CC1.Cl. The first kappa shape index (κ1) is 20.5.